The van der Waals surface area contributed by atoms with Crippen LogP contribution in [0.5, 0.6) is 17.2 Å². The van der Waals surface area contributed by atoms with Crippen molar-refractivity contribution in [2.24, 2.45) is 5.16 Å². The van der Waals surface area contributed by atoms with Gasteiger partial charge in [-0.25, -0.2) is 0 Å². The van der Waals surface area contributed by atoms with Crippen LogP contribution in [-0.4, -0.2) is 27.5 Å². The van der Waals surface area contributed by atoms with Crippen molar-refractivity contribution in [3.63, 3.8) is 0 Å². The summed E-state index contributed by atoms with van der Waals surface area (Å²) in [6.45, 7) is 0.410. The molecule has 0 saturated carbocycles. The van der Waals surface area contributed by atoms with Gasteiger partial charge in [-0.3, -0.25) is 0 Å². The maximum atomic E-state index is 5.37. The van der Waals surface area contributed by atoms with Crippen LogP contribution >= 0.6 is 0 Å². The predicted octanol–water partition coefficient (Wildman–Crippen LogP) is 3.26. The van der Waals surface area contributed by atoms with Gasteiger partial charge in [-0.05, 0) is 17.7 Å². The molecule has 0 bridgehead atoms. The molecule has 0 aliphatic carbocycles. The van der Waals surface area contributed by atoms with Gasteiger partial charge in [0.05, 0.1) is 27.5 Å². The van der Waals surface area contributed by atoms with Crippen molar-refractivity contribution in [3.8, 4) is 17.2 Å². The molecule has 5 nitrogen and oxygen atoms in total. The quantitative estimate of drug-likeness (QED) is 0.582. The molecule has 0 N–H and O–H groups in total. The Labute approximate surface area is 130 Å². The van der Waals surface area contributed by atoms with Gasteiger partial charge in [0, 0.05) is 5.56 Å². The van der Waals surface area contributed by atoms with Crippen molar-refractivity contribution in [1.29, 1.82) is 0 Å². The highest BCUT2D eigenvalue weighted by Crippen LogP contribution is 2.38. The standard InChI is InChI=1S/C17H19NO4/c1-19-15-10-9-14(16(20-2)17(15)21-3)11-18-22-12-13-7-5-4-6-8-13/h4-11H,12H2,1-3H3/b18-11+. The molecule has 22 heavy (non-hydrogen) atoms. The maximum absolute atomic E-state index is 5.37. The van der Waals surface area contributed by atoms with Crippen LogP contribution in [0.15, 0.2) is 47.6 Å². The minimum Gasteiger partial charge on any atom is -0.493 e. The first-order valence-electron chi connectivity index (χ1n) is 6.78. The van der Waals surface area contributed by atoms with Gasteiger partial charge in [0.1, 0.15) is 6.61 Å². The summed E-state index contributed by atoms with van der Waals surface area (Å²) < 4.78 is 15.9. The Balaban J connectivity index is 2.10. The van der Waals surface area contributed by atoms with Crippen molar-refractivity contribution < 1.29 is 19.0 Å². The van der Waals surface area contributed by atoms with Crippen LogP contribution in [0.2, 0.25) is 0 Å². The molecule has 0 fully saturated rings. The number of methoxy groups -OCH3 is 3. The molecular weight excluding hydrogens is 282 g/mol. The first kappa shape index (κ1) is 15.7. The third-order valence-electron chi connectivity index (χ3n) is 3.08. The molecule has 0 unspecified atom stereocenters. The summed E-state index contributed by atoms with van der Waals surface area (Å²) in [6.07, 6.45) is 1.59. The highest BCUT2D eigenvalue weighted by Gasteiger charge is 2.14. The normalized spacial score (nSPS) is 10.5. The van der Waals surface area contributed by atoms with Gasteiger partial charge in [-0.1, -0.05) is 35.5 Å². The minimum absolute atomic E-state index is 0.410. The van der Waals surface area contributed by atoms with E-state index in [4.69, 9.17) is 19.0 Å². The fourth-order valence-corrected chi connectivity index (χ4v) is 2.01. The van der Waals surface area contributed by atoms with Gasteiger partial charge in [-0.2, -0.15) is 0 Å². The smallest absolute Gasteiger partial charge is 0.203 e. The number of ether oxygens (including phenoxy) is 3. The molecule has 0 aliphatic heterocycles. The lowest BCUT2D eigenvalue weighted by Crippen LogP contribution is -1.98. The summed E-state index contributed by atoms with van der Waals surface area (Å²) in [5.41, 5.74) is 1.80. The Morgan fingerprint density at radius 2 is 1.59 bits per heavy atom. The van der Waals surface area contributed by atoms with Gasteiger partial charge in [0.2, 0.25) is 5.75 Å². The van der Waals surface area contributed by atoms with Crippen molar-refractivity contribution >= 4 is 6.21 Å². The first-order valence-corrected chi connectivity index (χ1v) is 6.78. The molecule has 0 amide bonds. The van der Waals surface area contributed by atoms with Crippen LogP contribution in [0.3, 0.4) is 0 Å². The number of hydrogen-bond acceptors (Lipinski definition) is 5. The molecule has 0 aromatic heterocycles. The van der Waals surface area contributed by atoms with Crippen LogP contribution in [0.1, 0.15) is 11.1 Å². The van der Waals surface area contributed by atoms with Gasteiger partial charge < -0.3 is 19.0 Å². The van der Waals surface area contributed by atoms with Crippen LogP contribution in [0.4, 0.5) is 0 Å². The van der Waals surface area contributed by atoms with E-state index < -0.39 is 0 Å². The topological polar surface area (TPSA) is 49.3 Å². The average Bonchev–Trinajstić information content (AvgIpc) is 2.58. The number of hydrogen-bond donors (Lipinski definition) is 0. The zero-order valence-corrected chi connectivity index (χ0v) is 12.9. The van der Waals surface area contributed by atoms with Crippen molar-refractivity contribution in [2.75, 3.05) is 21.3 Å². The molecule has 0 radical (unpaired) electrons. The van der Waals surface area contributed by atoms with E-state index in [9.17, 15) is 0 Å². The third-order valence-corrected chi connectivity index (χ3v) is 3.08. The number of oxime groups is 1. The Kier molecular flexibility index (Phi) is 5.65. The molecule has 2 aromatic rings. The van der Waals surface area contributed by atoms with Crippen molar-refractivity contribution in [1.82, 2.24) is 0 Å². The molecule has 0 aliphatic rings. The zero-order chi connectivity index (χ0) is 15.8. The maximum Gasteiger partial charge on any atom is 0.203 e. The van der Waals surface area contributed by atoms with E-state index in [1.807, 2.05) is 36.4 Å². The summed E-state index contributed by atoms with van der Waals surface area (Å²) in [7, 11) is 4.71. The SMILES string of the molecule is COc1ccc(/C=N/OCc2ccccc2)c(OC)c1OC. The fraction of sp³-hybridized carbons (Fsp3) is 0.235. The van der Waals surface area contributed by atoms with E-state index in [1.165, 1.54) is 0 Å². The monoisotopic (exact) mass is 301 g/mol. The average molecular weight is 301 g/mol. The van der Waals surface area contributed by atoms with Gasteiger partial charge in [0.15, 0.2) is 11.5 Å². The van der Waals surface area contributed by atoms with Gasteiger partial charge in [0.25, 0.3) is 0 Å². The summed E-state index contributed by atoms with van der Waals surface area (Å²) >= 11 is 0. The lowest BCUT2D eigenvalue weighted by atomic mass is 10.2. The summed E-state index contributed by atoms with van der Waals surface area (Å²) in [5, 5.41) is 3.98. The minimum atomic E-state index is 0.410. The lowest BCUT2D eigenvalue weighted by molar-refractivity contribution is 0.132. The van der Waals surface area contributed by atoms with Crippen molar-refractivity contribution in [3.05, 3.63) is 53.6 Å². The Morgan fingerprint density at radius 1 is 0.864 bits per heavy atom. The number of benzene rings is 2. The van der Waals surface area contributed by atoms with E-state index in [0.717, 1.165) is 11.1 Å². The van der Waals surface area contributed by atoms with E-state index >= 15 is 0 Å². The van der Waals surface area contributed by atoms with E-state index in [0.29, 0.717) is 23.9 Å². The second-order valence-electron chi connectivity index (χ2n) is 4.42. The summed E-state index contributed by atoms with van der Waals surface area (Å²) in [5.74, 6) is 1.67. The Morgan fingerprint density at radius 3 is 2.23 bits per heavy atom. The number of rotatable bonds is 7. The Hall–Kier alpha value is -2.69. The van der Waals surface area contributed by atoms with E-state index in [2.05, 4.69) is 5.16 Å². The fourth-order valence-electron chi connectivity index (χ4n) is 2.01. The highest BCUT2D eigenvalue weighted by molar-refractivity contribution is 5.85. The molecule has 5 heteroatoms. The molecule has 0 spiro atoms. The second-order valence-corrected chi connectivity index (χ2v) is 4.42. The molecular formula is C17H19NO4. The van der Waals surface area contributed by atoms with Crippen LogP contribution < -0.4 is 14.2 Å². The highest BCUT2D eigenvalue weighted by atomic mass is 16.6. The molecule has 116 valence electrons. The molecule has 0 heterocycles. The van der Waals surface area contributed by atoms with E-state index in [1.54, 1.807) is 33.6 Å². The summed E-state index contributed by atoms with van der Waals surface area (Å²) in [4.78, 5) is 5.30. The third kappa shape index (κ3) is 3.69. The van der Waals surface area contributed by atoms with Crippen LogP contribution in [-0.2, 0) is 11.4 Å². The van der Waals surface area contributed by atoms with Gasteiger partial charge in [-0.15, -0.1) is 0 Å². The molecule has 2 aromatic carbocycles. The van der Waals surface area contributed by atoms with E-state index in [-0.39, 0.29) is 0 Å². The number of nitrogens with zero attached hydrogens (tertiary/aromatic N) is 1. The largest absolute Gasteiger partial charge is 0.493 e. The van der Waals surface area contributed by atoms with Crippen LogP contribution in [0.25, 0.3) is 0 Å². The molecule has 0 atom stereocenters. The lowest BCUT2D eigenvalue weighted by Gasteiger charge is -2.13. The Bertz CT molecular complexity index is 626. The summed E-state index contributed by atoms with van der Waals surface area (Å²) in [6, 6.07) is 13.5. The van der Waals surface area contributed by atoms with Crippen LogP contribution in [0, 0.1) is 0 Å². The second kappa shape index (κ2) is 7.93. The predicted molar refractivity (Wildman–Crippen MR) is 84.9 cm³/mol. The molecule has 2 rings (SSSR count). The first-order chi connectivity index (χ1) is 10.8. The zero-order valence-electron chi connectivity index (χ0n) is 12.9. The van der Waals surface area contributed by atoms with Crippen molar-refractivity contribution in [2.45, 2.75) is 6.61 Å². The van der Waals surface area contributed by atoms with Gasteiger partial charge >= 0.3 is 0 Å². The molecule has 0 saturated heterocycles.